The van der Waals surface area contributed by atoms with E-state index in [0.717, 1.165) is 11.4 Å². The highest BCUT2D eigenvalue weighted by atomic mass is 15.3. The van der Waals surface area contributed by atoms with Gasteiger partial charge < -0.3 is 11.1 Å². The van der Waals surface area contributed by atoms with Crippen LogP contribution >= 0.6 is 0 Å². The Labute approximate surface area is 87.2 Å². The van der Waals surface area contributed by atoms with Gasteiger partial charge in [0.25, 0.3) is 0 Å². The molecule has 2 heterocycles. The largest absolute Gasteiger partial charge is 0.383 e. The molecule has 0 atom stereocenters. The number of hydrogen-bond donors (Lipinski definition) is 2. The van der Waals surface area contributed by atoms with Gasteiger partial charge in [0.15, 0.2) is 5.82 Å². The quantitative estimate of drug-likeness (QED) is 0.748. The van der Waals surface area contributed by atoms with E-state index in [1.165, 1.54) is 6.33 Å². The summed E-state index contributed by atoms with van der Waals surface area (Å²) in [5, 5.41) is 7.06. The van der Waals surface area contributed by atoms with Crippen LogP contribution in [0.3, 0.4) is 0 Å². The monoisotopic (exact) mass is 204 g/mol. The summed E-state index contributed by atoms with van der Waals surface area (Å²) in [7, 11) is 1.80. The van der Waals surface area contributed by atoms with Crippen molar-refractivity contribution in [1.82, 2.24) is 19.7 Å². The van der Waals surface area contributed by atoms with Crippen molar-refractivity contribution in [2.45, 2.75) is 6.92 Å². The average molecular weight is 204 g/mol. The number of hydrogen-bond acceptors (Lipinski definition) is 5. The first kappa shape index (κ1) is 9.45. The Morgan fingerprint density at radius 1 is 1.40 bits per heavy atom. The molecular weight excluding hydrogens is 192 g/mol. The van der Waals surface area contributed by atoms with Crippen LogP contribution in [0.25, 0.3) is 5.82 Å². The van der Waals surface area contributed by atoms with Crippen molar-refractivity contribution in [1.29, 1.82) is 0 Å². The van der Waals surface area contributed by atoms with Crippen LogP contribution in [0.4, 0.5) is 11.6 Å². The predicted molar refractivity (Wildman–Crippen MR) is 57.9 cm³/mol. The van der Waals surface area contributed by atoms with Gasteiger partial charge in [-0.15, -0.1) is 0 Å². The van der Waals surface area contributed by atoms with Crippen LogP contribution in [0.15, 0.2) is 18.6 Å². The zero-order chi connectivity index (χ0) is 10.8. The summed E-state index contributed by atoms with van der Waals surface area (Å²) in [5.41, 5.74) is 6.78. The molecule has 3 N–H and O–H groups in total. The predicted octanol–water partition coefficient (Wildman–Crippen LogP) is 0.595. The molecule has 78 valence electrons. The molecule has 0 amide bonds. The molecule has 0 aliphatic heterocycles. The molecule has 2 rings (SSSR count). The van der Waals surface area contributed by atoms with Crippen molar-refractivity contribution >= 4 is 11.6 Å². The molecule has 0 aliphatic carbocycles. The Hall–Kier alpha value is -2.11. The lowest BCUT2D eigenvalue weighted by atomic mass is 10.4. The van der Waals surface area contributed by atoms with Crippen LogP contribution < -0.4 is 11.1 Å². The minimum Gasteiger partial charge on any atom is -0.383 e. The SMILES string of the molecule is CNc1cc(-n2ncc(C)c2N)ncn1. The number of nitrogens with zero attached hydrogens (tertiary/aromatic N) is 4. The molecule has 0 fully saturated rings. The van der Waals surface area contributed by atoms with E-state index in [1.807, 2.05) is 6.92 Å². The number of aromatic nitrogens is 4. The van der Waals surface area contributed by atoms with Crippen molar-refractivity contribution in [3.8, 4) is 5.82 Å². The highest BCUT2D eigenvalue weighted by Crippen LogP contribution is 2.15. The summed E-state index contributed by atoms with van der Waals surface area (Å²) < 4.78 is 1.58. The number of rotatable bonds is 2. The number of aryl methyl sites for hydroxylation is 1. The van der Waals surface area contributed by atoms with Crippen LogP contribution in [0, 0.1) is 6.92 Å². The molecule has 6 nitrogen and oxygen atoms in total. The first-order valence-corrected chi connectivity index (χ1v) is 4.52. The Bertz CT molecular complexity index is 475. The van der Waals surface area contributed by atoms with Crippen molar-refractivity contribution in [3.05, 3.63) is 24.2 Å². The van der Waals surface area contributed by atoms with E-state index >= 15 is 0 Å². The van der Waals surface area contributed by atoms with Gasteiger partial charge in [0.2, 0.25) is 0 Å². The Morgan fingerprint density at radius 3 is 2.80 bits per heavy atom. The number of nitrogens with one attached hydrogen (secondary N) is 1. The molecule has 2 aromatic rings. The third-order valence-corrected chi connectivity index (χ3v) is 2.12. The summed E-state index contributed by atoms with van der Waals surface area (Å²) in [6.07, 6.45) is 3.17. The number of nitrogen functional groups attached to an aromatic ring is 1. The molecule has 0 saturated heterocycles. The van der Waals surface area contributed by atoms with E-state index < -0.39 is 0 Å². The van der Waals surface area contributed by atoms with Crippen LogP contribution in [0.1, 0.15) is 5.56 Å². The first-order valence-electron chi connectivity index (χ1n) is 4.52. The maximum atomic E-state index is 5.85. The molecule has 0 unspecified atom stereocenters. The second-order valence-corrected chi connectivity index (χ2v) is 3.14. The van der Waals surface area contributed by atoms with Crippen LogP contribution in [0.5, 0.6) is 0 Å². The number of nitrogens with two attached hydrogens (primary N) is 1. The van der Waals surface area contributed by atoms with E-state index in [0.29, 0.717) is 11.6 Å². The number of anilines is 2. The lowest BCUT2D eigenvalue weighted by molar-refractivity contribution is 0.850. The highest BCUT2D eigenvalue weighted by molar-refractivity contribution is 5.47. The van der Waals surface area contributed by atoms with Crippen LogP contribution in [0.2, 0.25) is 0 Å². The fraction of sp³-hybridized carbons (Fsp3) is 0.222. The van der Waals surface area contributed by atoms with Gasteiger partial charge in [0.05, 0.1) is 6.20 Å². The summed E-state index contributed by atoms with van der Waals surface area (Å²) in [4.78, 5) is 8.12. The molecule has 0 saturated carbocycles. The van der Waals surface area contributed by atoms with E-state index in [9.17, 15) is 0 Å². The van der Waals surface area contributed by atoms with Crippen molar-refractivity contribution < 1.29 is 0 Å². The second kappa shape index (κ2) is 3.56. The van der Waals surface area contributed by atoms with Gasteiger partial charge in [-0.2, -0.15) is 9.78 Å². The lowest BCUT2D eigenvalue weighted by Gasteiger charge is -2.04. The van der Waals surface area contributed by atoms with Crippen molar-refractivity contribution in [2.24, 2.45) is 0 Å². The summed E-state index contributed by atoms with van der Waals surface area (Å²) in [6.45, 7) is 1.90. The minimum absolute atomic E-state index is 0.593. The first-order chi connectivity index (χ1) is 7.22. The topological polar surface area (TPSA) is 81.7 Å². The molecule has 0 spiro atoms. The zero-order valence-corrected chi connectivity index (χ0v) is 8.60. The average Bonchev–Trinajstić information content (AvgIpc) is 2.60. The Kier molecular flexibility index (Phi) is 2.24. The van der Waals surface area contributed by atoms with Gasteiger partial charge >= 0.3 is 0 Å². The third kappa shape index (κ3) is 1.61. The van der Waals surface area contributed by atoms with Gasteiger partial charge in [-0.3, -0.25) is 0 Å². The maximum Gasteiger partial charge on any atom is 0.161 e. The van der Waals surface area contributed by atoms with E-state index in [1.54, 1.807) is 24.0 Å². The Morgan fingerprint density at radius 2 is 2.20 bits per heavy atom. The molecular formula is C9H12N6. The van der Waals surface area contributed by atoms with Crippen molar-refractivity contribution in [3.63, 3.8) is 0 Å². The molecule has 0 aliphatic rings. The highest BCUT2D eigenvalue weighted by Gasteiger charge is 2.07. The van der Waals surface area contributed by atoms with Gasteiger partial charge in [-0.05, 0) is 6.92 Å². The lowest BCUT2D eigenvalue weighted by Crippen LogP contribution is -2.05. The smallest absolute Gasteiger partial charge is 0.161 e. The third-order valence-electron chi connectivity index (χ3n) is 2.12. The van der Waals surface area contributed by atoms with E-state index in [2.05, 4.69) is 20.4 Å². The van der Waals surface area contributed by atoms with Gasteiger partial charge in [0, 0.05) is 18.7 Å². The van der Waals surface area contributed by atoms with E-state index in [-0.39, 0.29) is 0 Å². The summed E-state index contributed by atoms with van der Waals surface area (Å²) >= 11 is 0. The molecule has 0 radical (unpaired) electrons. The molecule has 6 heteroatoms. The minimum atomic E-state index is 0.593. The van der Waals surface area contributed by atoms with Crippen molar-refractivity contribution in [2.75, 3.05) is 18.1 Å². The summed E-state index contributed by atoms with van der Waals surface area (Å²) in [5.74, 6) is 1.98. The zero-order valence-electron chi connectivity index (χ0n) is 8.60. The fourth-order valence-corrected chi connectivity index (χ4v) is 1.22. The fourth-order valence-electron chi connectivity index (χ4n) is 1.22. The van der Waals surface area contributed by atoms with Gasteiger partial charge in [-0.1, -0.05) is 0 Å². The molecule has 0 aromatic carbocycles. The molecule has 0 bridgehead atoms. The standard InChI is InChI=1S/C9H12N6/c1-6-4-14-15(9(6)10)8-3-7(11-2)12-5-13-8/h3-5H,10H2,1-2H3,(H,11,12,13). The van der Waals surface area contributed by atoms with Crippen LogP contribution in [-0.2, 0) is 0 Å². The normalized spacial score (nSPS) is 10.3. The molecule has 2 aromatic heterocycles. The maximum absolute atomic E-state index is 5.85. The Balaban J connectivity index is 2.49. The van der Waals surface area contributed by atoms with Gasteiger partial charge in [-0.25, -0.2) is 9.97 Å². The van der Waals surface area contributed by atoms with Gasteiger partial charge in [0.1, 0.15) is 18.0 Å². The molecule has 15 heavy (non-hydrogen) atoms. The van der Waals surface area contributed by atoms with E-state index in [4.69, 9.17) is 5.73 Å². The second-order valence-electron chi connectivity index (χ2n) is 3.14. The summed E-state index contributed by atoms with van der Waals surface area (Å²) in [6, 6.07) is 1.78. The van der Waals surface area contributed by atoms with Crippen LogP contribution in [-0.4, -0.2) is 26.8 Å².